The third-order valence-corrected chi connectivity index (χ3v) is 9.53. The van der Waals surface area contributed by atoms with Crippen LogP contribution in [0.25, 0.3) is 11.0 Å². The van der Waals surface area contributed by atoms with Gasteiger partial charge in [0.25, 0.3) is 0 Å². The summed E-state index contributed by atoms with van der Waals surface area (Å²) in [6.07, 6.45) is 4.23. The number of carbonyl (C=O) groups is 1. The van der Waals surface area contributed by atoms with E-state index < -0.39 is 10.8 Å². The molecule has 5 N–H and O–H groups in total. The molecule has 11 heteroatoms. The van der Waals surface area contributed by atoms with E-state index in [1.807, 2.05) is 64.2 Å². The third kappa shape index (κ3) is 7.39. The predicted molar refractivity (Wildman–Crippen MR) is 178 cm³/mol. The molecule has 1 fully saturated rings. The lowest BCUT2D eigenvalue weighted by atomic mass is 9.86. The number of amides is 1. The molecule has 44 heavy (non-hydrogen) atoms. The first kappa shape index (κ1) is 31.5. The summed E-state index contributed by atoms with van der Waals surface area (Å²) < 4.78 is 19.3. The van der Waals surface area contributed by atoms with Gasteiger partial charge in [0.1, 0.15) is 17.2 Å². The zero-order chi connectivity index (χ0) is 31.4. The van der Waals surface area contributed by atoms with E-state index in [0.717, 1.165) is 59.9 Å². The number of aryl methyl sites for hydroxylation is 1. The van der Waals surface area contributed by atoms with Gasteiger partial charge in [-0.15, -0.1) is 0 Å². The van der Waals surface area contributed by atoms with Crippen molar-refractivity contribution in [2.75, 3.05) is 30.3 Å². The molecule has 0 radical (unpaired) electrons. The maximum absolute atomic E-state index is 13.0. The minimum absolute atomic E-state index is 0.0205. The van der Waals surface area contributed by atoms with E-state index in [1.165, 1.54) is 11.1 Å². The molecule has 1 aliphatic rings. The van der Waals surface area contributed by atoms with Crippen molar-refractivity contribution in [2.45, 2.75) is 76.0 Å². The Morgan fingerprint density at radius 2 is 1.84 bits per heavy atom. The number of H-pyrrole nitrogens is 1. The maximum atomic E-state index is 13.0. The lowest BCUT2D eigenvalue weighted by Crippen LogP contribution is -2.35. The fraction of sp³-hybridized carbons (Fsp3) is 0.424. The monoisotopic (exact) mass is 617 g/mol. The molecule has 0 bridgehead atoms. The van der Waals surface area contributed by atoms with Gasteiger partial charge in [-0.3, -0.25) is 9.00 Å². The Kier molecular flexibility index (Phi) is 9.85. The van der Waals surface area contributed by atoms with E-state index >= 15 is 0 Å². The fourth-order valence-corrected chi connectivity index (χ4v) is 6.72. The molecule has 1 aliphatic heterocycles. The Labute approximate surface area is 261 Å². The summed E-state index contributed by atoms with van der Waals surface area (Å²) in [4.78, 5) is 27.1. The number of rotatable bonds is 12. The van der Waals surface area contributed by atoms with Crippen LogP contribution < -0.4 is 21.1 Å². The first-order valence-electron chi connectivity index (χ1n) is 15.3. The van der Waals surface area contributed by atoms with E-state index in [2.05, 4.69) is 39.6 Å². The largest absolute Gasteiger partial charge is 0.489 e. The molecule has 234 valence electrons. The summed E-state index contributed by atoms with van der Waals surface area (Å²) >= 11 is 0. The summed E-state index contributed by atoms with van der Waals surface area (Å²) in [5.74, 6) is 1.92. The van der Waals surface area contributed by atoms with Gasteiger partial charge in [0.05, 0.1) is 38.6 Å². The van der Waals surface area contributed by atoms with Crippen LogP contribution >= 0.6 is 0 Å². The molecule has 4 aromatic rings. The van der Waals surface area contributed by atoms with Crippen molar-refractivity contribution in [3.63, 3.8) is 0 Å². The van der Waals surface area contributed by atoms with E-state index in [4.69, 9.17) is 20.4 Å². The molecule has 5 rings (SSSR count). The normalized spacial score (nSPS) is 15.2. The lowest BCUT2D eigenvalue weighted by Gasteiger charge is -2.33. The Morgan fingerprint density at radius 3 is 2.55 bits per heavy atom. The van der Waals surface area contributed by atoms with Crippen LogP contribution in [0.15, 0.2) is 53.6 Å². The number of primary amides is 1. The molecule has 0 spiro atoms. The van der Waals surface area contributed by atoms with Crippen LogP contribution in [-0.2, 0) is 15.6 Å². The Hall–Kier alpha value is -3.96. The number of para-hydroxylation sites is 1. The highest BCUT2D eigenvalue weighted by Gasteiger charge is 2.24. The quantitative estimate of drug-likeness (QED) is 0.149. The second-order valence-electron chi connectivity index (χ2n) is 11.9. The van der Waals surface area contributed by atoms with Crippen LogP contribution in [0.5, 0.6) is 5.75 Å². The van der Waals surface area contributed by atoms with Crippen LogP contribution in [0, 0.1) is 6.92 Å². The van der Waals surface area contributed by atoms with Crippen molar-refractivity contribution in [2.24, 2.45) is 5.73 Å². The minimum Gasteiger partial charge on any atom is -0.489 e. The molecule has 1 saturated heterocycles. The number of hydrogen-bond acceptors (Lipinski definition) is 8. The molecule has 2 aromatic carbocycles. The fourth-order valence-electron chi connectivity index (χ4n) is 5.67. The highest BCUT2D eigenvalue weighted by molar-refractivity contribution is 7.85. The number of nitrogens with two attached hydrogens (primary N) is 1. The van der Waals surface area contributed by atoms with Gasteiger partial charge in [-0.05, 0) is 94.1 Å². The molecule has 1 amide bonds. The Morgan fingerprint density at radius 1 is 1.09 bits per heavy atom. The Balaban J connectivity index is 1.43. The van der Waals surface area contributed by atoms with Gasteiger partial charge in [0.15, 0.2) is 0 Å². The van der Waals surface area contributed by atoms with Gasteiger partial charge in [-0.2, -0.15) is 9.97 Å². The third-order valence-electron chi connectivity index (χ3n) is 7.88. The summed E-state index contributed by atoms with van der Waals surface area (Å²) in [6.45, 7) is 12.6. The van der Waals surface area contributed by atoms with Crippen molar-refractivity contribution >= 4 is 50.9 Å². The zero-order valence-electron chi connectivity index (χ0n) is 26.1. The molecular weight excluding hydrogens is 574 g/mol. The standard InChI is InChI=1S/C33H43N7O3S/c1-20(2)43-28-19-25(23-11-15-40(16-12-23)17-13-30(34)41)22(5)18-27(28)37-33-38-31-24(10-14-35-31)32(39-33)36-26-8-6-7-9-29(26)44(42)21(3)4/h6-10,14,18-21,23H,11-13,15-17H2,1-5H3,(H2,34,41)(H3,35,36,37,38,39). The number of nitrogens with one attached hydrogen (secondary N) is 3. The van der Waals surface area contributed by atoms with Crippen LogP contribution in [0.3, 0.4) is 0 Å². The van der Waals surface area contributed by atoms with Crippen molar-refractivity contribution in [1.29, 1.82) is 0 Å². The molecular formula is C33H43N7O3S. The van der Waals surface area contributed by atoms with Crippen molar-refractivity contribution in [1.82, 2.24) is 19.9 Å². The van der Waals surface area contributed by atoms with Crippen LogP contribution in [0.1, 0.15) is 64.0 Å². The van der Waals surface area contributed by atoms with Crippen molar-refractivity contribution in [3.05, 3.63) is 59.8 Å². The topological polar surface area (TPSA) is 138 Å². The number of carbonyl (C=O) groups excluding carboxylic acids is 1. The van der Waals surface area contributed by atoms with Gasteiger partial charge in [-0.1, -0.05) is 26.0 Å². The number of likely N-dealkylation sites (tertiary alicyclic amines) is 1. The number of piperidine rings is 1. The summed E-state index contributed by atoms with van der Waals surface area (Å²) in [6, 6.07) is 13.8. The smallest absolute Gasteiger partial charge is 0.231 e. The van der Waals surface area contributed by atoms with E-state index in [0.29, 0.717) is 29.8 Å². The number of anilines is 4. The van der Waals surface area contributed by atoms with Crippen molar-refractivity contribution < 1.29 is 13.7 Å². The SMILES string of the molecule is Cc1cc(Nc2nc(Nc3ccccc3S(=O)C(C)C)c3cc[nH]c3n2)c(OC(C)C)cc1C1CCN(CCC(N)=O)CC1. The number of nitrogens with zero attached hydrogens (tertiary/aromatic N) is 3. The summed E-state index contributed by atoms with van der Waals surface area (Å²) in [5.41, 5.74) is 10.0. The minimum atomic E-state index is -1.17. The van der Waals surface area contributed by atoms with Gasteiger partial charge in [-0.25, -0.2) is 0 Å². The number of aromatic amines is 1. The number of hydrogen-bond donors (Lipinski definition) is 4. The molecule has 10 nitrogen and oxygen atoms in total. The average Bonchev–Trinajstić information content (AvgIpc) is 3.46. The number of ether oxygens (including phenoxy) is 1. The van der Waals surface area contributed by atoms with Gasteiger partial charge in [0, 0.05) is 24.4 Å². The predicted octanol–water partition coefficient (Wildman–Crippen LogP) is 6.11. The number of fused-ring (bicyclic) bond motifs is 1. The summed E-state index contributed by atoms with van der Waals surface area (Å²) in [7, 11) is -1.17. The first-order valence-corrected chi connectivity index (χ1v) is 16.5. The molecule has 0 aliphatic carbocycles. The second kappa shape index (κ2) is 13.8. The van der Waals surface area contributed by atoms with E-state index in [-0.39, 0.29) is 17.3 Å². The van der Waals surface area contributed by atoms with Crippen LogP contribution in [0.4, 0.5) is 23.1 Å². The van der Waals surface area contributed by atoms with E-state index in [1.54, 1.807) is 0 Å². The number of benzene rings is 2. The molecule has 3 heterocycles. The van der Waals surface area contributed by atoms with Gasteiger partial charge >= 0.3 is 0 Å². The lowest BCUT2D eigenvalue weighted by molar-refractivity contribution is -0.118. The average molecular weight is 618 g/mol. The van der Waals surface area contributed by atoms with Crippen LogP contribution in [0.2, 0.25) is 0 Å². The van der Waals surface area contributed by atoms with Gasteiger partial charge in [0.2, 0.25) is 11.9 Å². The summed E-state index contributed by atoms with van der Waals surface area (Å²) in [5, 5.41) is 7.66. The molecule has 1 unspecified atom stereocenters. The molecule has 2 aromatic heterocycles. The molecule has 1 atom stereocenters. The highest BCUT2D eigenvalue weighted by atomic mass is 32.2. The Bertz CT molecular complexity index is 1640. The first-order chi connectivity index (χ1) is 21.1. The van der Waals surface area contributed by atoms with Crippen molar-refractivity contribution in [3.8, 4) is 5.75 Å². The van der Waals surface area contributed by atoms with Crippen LogP contribution in [-0.4, -0.2) is 61.0 Å². The van der Waals surface area contributed by atoms with Gasteiger partial charge < -0.3 is 31.0 Å². The zero-order valence-corrected chi connectivity index (χ0v) is 27.0. The number of aromatic nitrogens is 3. The molecule has 0 saturated carbocycles. The second-order valence-corrected chi connectivity index (χ2v) is 13.9. The maximum Gasteiger partial charge on any atom is 0.231 e. The highest BCUT2D eigenvalue weighted by Crippen LogP contribution is 2.38. The van der Waals surface area contributed by atoms with E-state index in [9.17, 15) is 9.00 Å².